The highest BCUT2D eigenvalue weighted by Crippen LogP contribution is 2.23. The Morgan fingerprint density at radius 1 is 1.58 bits per heavy atom. The summed E-state index contributed by atoms with van der Waals surface area (Å²) in [5.41, 5.74) is 6.37. The van der Waals surface area contributed by atoms with Crippen molar-refractivity contribution in [3.8, 4) is 0 Å². The van der Waals surface area contributed by atoms with Crippen LogP contribution in [0.2, 0.25) is 0 Å². The third-order valence-corrected chi connectivity index (χ3v) is 2.24. The van der Waals surface area contributed by atoms with Crippen LogP contribution in [0.15, 0.2) is 4.79 Å². The molecule has 2 N–H and O–H groups in total. The molecule has 1 aromatic rings. The van der Waals surface area contributed by atoms with Crippen molar-refractivity contribution in [2.45, 2.75) is 13.3 Å². The van der Waals surface area contributed by atoms with E-state index < -0.39 is 0 Å². The van der Waals surface area contributed by atoms with Gasteiger partial charge in [-0.15, -0.1) is 0 Å². The third kappa shape index (κ3) is 1.22. The Morgan fingerprint density at radius 3 is 2.58 bits per heavy atom. The molecule has 1 aromatic carbocycles. The average Bonchev–Trinajstić information content (AvgIpc) is 2.05. The first-order chi connectivity index (χ1) is 5.59. The molecule has 0 aliphatic carbocycles. The summed E-state index contributed by atoms with van der Waals surface area (Å²) in [7, 11) is 1.89. The number of rotatable bonds is 3. The summed E-state index contributed by atoms with van der Waals surface area (Å²) in [6, 6.07) is 0. The number of nitrogens with two attached hydrogens (primary N) is 1. The van der Waals surface area contributed by atoms with E-state index in [1.807, 2.05) is 11.9 Å². The molecule has 0 bridgehead atoms. The van der Waals surface area contributed by atoms with Gasteiger partial charge in [-0.2, -0.15) is 0 Å². The van der Waals surface area contributed by atoms with Crippen LogP contribution in [0.5, 0.6) is 0 Å². The average molecular weight is 184 g/mol. The van der Waals surface area contributed by atoms with E-state index in [9.17, 15) is 4.79 Å². The third-order valence-electron chi connectivity index (χ3n) is 1.86. The molecule has 0 saturated carbocycles. The molecule has 0 unspecified atom stereocenters. The Labute approximate surface area is 76.5 Å². The van der Waals surface area contributed by atoms with E-state index in [1.54, 1.807) is 0 Å². The minimum absolute atomic E-state index is 0.178. The van der Waals surface area contributed by atoms with Crippen LogP contribution in [0, 0.1) is 4.51 Å². The Hall–Kier alpha value is -0.900. The number of anilines is 2. The van der Waals surface area contributed by atoms with E-state index in [-0.39, 0.29) is 5.43 Å². The van der Waals surface area contributed by atoms with Gasteiger partial charge in [-0.1, -0.05) is 19.1 Å². The summed E-state index contributed by atoms with van der Waals surface area (Å²) in [6.07, 6.45) is 1.02. The first-order valence-electron chi connectivity index (χ1n) is 3.89. The van der Waals surface area contributed by atoms with Gasteiger partial charge in [0, 0.05) is 13.6 Å². The van der Waals surface area contributed by atoms with Crippen LogP contribution < -0.4 is 16.1 Å². The Bertz CT molecular complexity index is 352. The summed E-state index contributed by atoms with van der Waals surface area (Å²) in [5, 5.41) is 0. The fourth-order valence-corrected chi connectivity index (χ4v) is 1.60. The lowest BCUT2D eigenvalue weighted by Gasteiger charge is -2.21. The van der Waals surface area contributed by atoms with Crippen LogP contribution in [0.1, 0.15) is 13.3 Å². The molecule has 0 spiro atoms. The minimum Gasteiger partial charge on any atom is -0.394 e. The highest BCUT2D eigenvalue weighted by Gasteiger charge is 2.17. The van der Waals surface area contributed by atoms with Crippen molar-refractivity contribution in [3.05, 3.63) is 14.7 Å². The van der Waals surface area contributed by atoms with Gasteiger partial charge in [0.05, 0.1) is 5.69 Å². The highest BCUT2D eigenvalue weighted by molar-refractivity contribution is 7.71. The van der Waals surface area contributed by atoms with Crippen LogP contribution in [-0.2, 0) is 0 Å². The normalized spacial score (nSPS) is 10.5. The summed E-state index contributed by atoms with van der Waals surface area (Å²) >= 11 is 4.87. The predicted octanol–water partition coefficient (Wildman–Crippen LogP) is 1.08. The second-order valence-corrected chi connectivity index (χ2v) is 3.25. The first kappa shape index (κ1) is 9.19. The Balaban J connectivity index is 2.91. The molecule has 12 heavy (non-hydrogen) atoms. The van der Waals surface area contributed by atoms with Crippen molar-refractivity contribution in [3.63, 3.8) is 0 Å². The van der Waals surface area contributed by atoms with Crippen LogP contribution in [-0.4, -0.2) is 13.6 Å². The lowest BCUT2D eigenvalue weighted by Crippen LogP contribution is -2.28. The van der Waals surface area contributed by atoms with Crippen molar-refractivity contribution < 1.29 is 0 Å². The standard InChI is InChI=1S/C8H12N2OS/c1-3-4-10(2)6-5(9)7(11)8(6)12/h3-4,9H2,1-2H3. The number of nitrogen functional groups attached to an aromatic ring is 1. The zero-order valence-electron chi connectivity index (χ0n) is 7.26. The molecule has 0 radical (unpaired) electrons. The molecular weight excluding hydrogens is 172 g/mol. The quantitative estimate of drug-likeness (QED) is 0.714. The van der Waals surface area contributed by atoms with Crippen molar-refractivity contribution >= 4 is 23.6 Å². The molecule has 4 heteroatoms. The van der Waals surface area contributed by atoms with Gasteiger partial charge in [0.1, 0.15) is 10.2 Å². The topological polar surface area (TPSA) is 46.3 Å². The van der Waals surface area contributed by atoms with Gasteiger partial charge in [-0.25, -0.2) is 0 Å². The fraction of sp³-hybridized carbons (Fsp3) is 0.500. The zero-order valence-corrected chi connectivity index (χ0v) is 8.07. The second-order valence-electron chi connectivity index (χ2n) is 2.84. The molecule has 0 saturated heterocycles. The summed E-state index contributed by atoms with van der Waals surface area (Å²) in [6.45, 7) is 2.94. The van der Waals surface area contributed by atoms with Gasteiger partial charge >= 0.3 is 0 Å². The molecule has 0 amide bonds. The van der Waals surface area contributed by atoms with Crippen molar-refractivity contribution in [2.75, 3.05) is 24.2 Å². The summed E-state index contributed by atoms with van der Waals surface area (Å²) in [4.78, 5) is 12.9. The first-order valence-corrected chi connectivity index (χ1v) is 4.30. The lowest BCUT2D eigenvalue weighted by atomic mass is 10.2. The number of hydrogen-bond donors (Lipinski definition) is 1. The molecule has 0 fully saturated rings. The molecule has 0 atom stereocenters. The molecule has 0 aliphatic heterocycles. The second kappa shape index (κ2) is 3.23. The molecule has 3 nitrogen and oxygen atoms in total. The largest absolute Gasteiger partial charge is 0.394 e. The molecule has 1 rings (SSSR count). The molecular formula is C8H12N2OS. The van der Waals surface area contributed by atoms with Crippen LogP contribution in [0.25, 0.3) is 0 Å². The Kier molecular flexibility index (Phi) is 2.47. The van der Waals surface area contributed by atoms with Crippen molar-refractivity contribution in [2.24, 2.45) is 0 Å². The van der Waals surface area contributed by atoms with E-state index in [0.717, 1.165) is 18.7 Å². The van der Waals surface area contributed by atoms with Crippen molar-refractivity contribution in [1.29, 1.82) is 0 Å². The van der Waals surface area contributed by atoms with Crippen LogP contribution in [0.3, 0.4) is 0 Å². The van der Waals surface area contributed by atoms with Gasteiger partial charge in [-0.05, 0) is 6.42 Å². The van der Waals surface area contributed by atoms with Crippen molar-refractivity contribution in [1.82, 2.24) is 0 Å². The van der Waals surface area contributed by atoms with E-state index in [0.29, 0.717) is 10.2 Å². The van der Waals surface area contributed by atoms with Gasteiger partial charge < -0.3 is 10.6 Å². The minimum atomic E-state index is -0.178. The summed E-state index contributed by atoms with van der Waals surface area (Å²) in [5.74, 6) is 0. The molecule has 0 aromatic heterocycles. The van der Waals surface area contributed by atoms with Gasteiger partial charge in [-0.3, -0.25) is 4.79 Å². The van der Waals surface area contributed by atoms with Gasteiger partial charge in [0.25, 0.3) is 0 Å². The molecule has 66 valence electrons. The maximum absolute atomic E-state index is 10.9. The predicted molar refractivity (Wildman–Crippen MR) is 53.9 cm³/mol. The van der Waals surface area contributed by atoms with Gasteiger partial charge in [0.2, 0.25) is 5.43 Å². The van der Waals surface area contributed by atoms with E-state index in [4.69, 9.17) is 18.0 Å². The maximum Gasteiger partial charge on any atom is 0.223 e. The monoisotopic (exact) mass is 184 g/mol. The van der Waals surface area contributed by atoms with E-state index in [1.165, 1.54) is 0 Å². The van der Waals surface area contributed by atoms with E-state index >= 15 is 0 Å². The van der Waals surface area contributed by atoms with Crippen LogP contribution in [0.4, 0.5) is 11.4 Å². The maximum atomic E-state index is 10.9. The summed E-state index contributed by atoms with van der Waals surface area (Å²) < 4.78 is 0.378. The number of nitrogens with zero attached hydrogens (tertiary/aromatic N) is 1. The fourth-order valence-electron chi connectivity index (χ4n) is 1.22. The number of hydrogen-bond acceptors (Lipinski definition) is 4. The van der Waals surface area contributed by atoms with Gasteiger partial charge in [0.15, 0.2) is 0 Å². The zero-order chi connectivity index (χ0) is 9.30. The van der Waals surface area contributed by atoms with E-state index in [2.05, 4.69) is 6.92 Å². The molecule has 0 heterocycles. The Morgan fingerprint density at radius 2 is 2.17 bits per heavy atom. The smallest absolute Gasteiger partial charge is 0.223 e. The SMILES string of the molecule is CCCN(C)c1c(N)c(=O)c1=S. The lowest BCUT2D eigenvalue weighted by molar-refractivity contribution is 0.848. The van der Waals surface area contributed by atoms with Crippen LogP contribution >= 0.6 is 12.2 Å². The highest BCUT2D eigenvalue weighted by atomic mass is 32.1. The molecule has 0 aliphatic rings.